The highest BCUT2D eigenvalue weighted by Crippen LogP contribution is 2.31. The van der Waals surface area contributed by atoms with Crippen LogP contribution in [-0.4, -0.2) is 19.2 Å². The van der Waals surface area contributed by atoms with Crippen molar-refractivity contribution in [3.63, 3.8) is 0 Å². The Morgan fingerprint density at radius 3 is 2.19 bits per heavy atom. The number of methoxy groups -OCH3 is 2. The van der Waals surface area contributed by atoms with Gasteiger partial charge in [0.15, 0.2) is 3.92 Å². The van der Waals surface area contributed by atoms with Crippen molar-refractivity contribution in [2.24, 2.45) is 0 Å². The van der Waals surface area contributed by atoms with Crippen molar-refractivity contribution in [1.29, 1.82) is 0 Å². The molecule has 1 heterocycles. The van der Waals surface area contributed by atoms with Gasteiger partial charge in [-0.3, -0.25) is 0 Å². The number of rotatable bonds is 3. The maximum Gasteiger partial charge on any atom is 0.159 e. The summed E-state index contributed by atoms with van der Waals surface area (Å²) >= 11 is 4.90. The molecule has 1 aromatic carbocycles. The molecule has 84 valence electrons. The molecule has 0 radical (unpaired) electrons. The van der Waals surface area contributed by atoms with Gasteiger partial charge in [0.25, 0.3) is 0 Å². The Bertz CT molecular complexity index is 476. The van der Waals surface area contributed by atoms with Crippen molar-refractivity contribution in [1.82, 2.24) is 4.98 Å². The first-order chi connectivity index (χ1) is 7.72. The molecule has 3 nitrogen and oxygen atoms in total. The number of halogens is 1. The molecule has 0 saturated heterocycles. The van der Waals surface area contributed by atoms with Gasteiger partial charge >= 0.3 is 0 Å². The fourth-order valence-corrected chi connectivity index (χ4v) is 2.36. The second kappa shape index (κ2) is 4.84. The molecule has 0 spiro atoms. The minimum absolute atomic E-state index is 0.762. The van der Waals surface area contributed by atoms with Crippen LogP contribution in [0.4, 0.5) is 0 Å². The van der Waals surface area contributed by atoms with Gasteiger partial charge in [-0.05, 0) is 28.1 Å². The quantitative estimate of drug-likeness (QED) is 0.868. The van der Waals surface area contributed by atoms with Crippen LogP contribution in [-0.2, 0) is 0 Å². The Morgan fingerprint density at radius 2 is 1.75 bits per heavy atom. The average molecular weight is 300 g/mol. The largest absolute Gasteiger partial charge is 0.497 e. The van der Waals surface area contributed by atoms with Crippen LogP contribution in [0, 0.1) is 0 Å². The molecule has 0 fully saturated rings. The second-order valence-corrected chi connectivity index (χ2v) is 5.22. The van der Waals surface area contributed by atoms with E-state index in [0.29, 0.717) is 0 Å². The van der Waals surface area contributed by atoms with Crippen LogP contribution in [0.3, 0.4) is 0 Å². The smallest absolute Gasteiger partial charge is 0.159 e. The van der Waals surface area contributed by atoms with Crippen LogP contribution in [0.5, 0.6) is 11.5 Å². The molecule has 0 N–H and O–H groups in total. The molecule has 16 heavy (non-hydrogen) atoms. The Kier molecular flexibility index (Phi) is 3.46. The van der Waals surface area contributed by atoms with E-state index in [-0.39, 0.29) is 0 Å². The number of nitrogens with zero attached hydrogens (tertiary/aromatic N) is 1. The lowest BCUT2D eigenvalue weighted by Crippen LogP contribution is -1.88. The van der Waals surface area contributed by atoms with Crippen molar-refractivity contribution in [3.8, 4) is 22.8 Å². The predicted molar refractivity (Wildman–Crippen MR) is 68.4 cm³/mol. The summed E-state index contributed by atoms with van der Waals surface area (Å²) in [5.41, 5.74) is 1.90. The topological polar surface area (TPSA) is 31.4 Å². The lowest BCUT2D eigenvalue weighted by atomic mass is 10.1. The van der Waals surface area contributed by atoms with E-state index >= 15 is 0 Å². The van der Waals surface area contributed by atoms with Crippen molar-refractivity contribution >= 4 is 27.3 Å². The Morgan fingerprint density at radius 1 is 1.12 bits per heavy atom. The Balaban J connectivity index is 2.47. The summed E-state index contributed by atoms with van der Waals surface area (Å²) in [6.45, 7) is 0. The highest BCUT2D eigenvalue weighted by atomic mass is 79.9. The molecule has 0 aliphatic heterocycles. The van der Waals surface area contributed by atoms with Crippen molar-refractivity contribution in [2.75, 3.05) is 14.2 Å². The summed E-state index contributed by atoms with van der Waals surface area (Å²) < 4.78 is 11.3. The maximum atomic E-state index is 5.21. The monoisotopic (exact) mass is 299 g/mol. The van der Waals surface area contributed by atoms with E-state index in [1.807, 2.05) is 23.6 Å². The third-order valence-electron chi connectivity index (χ3n) is 2.12. The van der Waals surface area contributed by atoms with Crippen LogP contribution in [0.15, 0.2) is 27.5 Å². The molecule has 0 saturated carbocycles. The minimum Gasteiger partial charge on any atom is -0.497 e. The fraction of sp³-hybridized carbons (Fsp3) is 0.182. The number of benzene rings is 1. The summed E-state index contributed by atoms with van der Waals surface area (Å²) in [4.78, 5) is 4.36. The molecule has 2 aromatic rings. The number of ether oxygens (including phenoxy) is 2. The van der Waals surface area contributed by atoms with Gasteiger partial charge in [-0.15, -0.1) is 11.3 Å². The van der Waals surface area contributed by atoms with Gasteiger partial charge < -0.3 is 9.47 Å². The van der Waals surface area contributed by atoms with Gasteiger partial charge in [0.2, 0.25) is 0 Å². The van der Waals surface area contributed by atoms with E-state index in [2.05, 4.69) is 20.9 Å². The van der Waals surface area contributed by atoms with Crippen LogP contribution in [0.2, 0.25) is 0 Å². The predicted octanol–water partition coefficient (Wildman–Crippen LogP) is 3.59. The molecular weight excluding hydrogens is 290 g/mol. The molecule has 2 rings (SSSR count). The van der Waals surface area contributed by atoms with Gasteiger partial charge in [-0.2, -0.15) is 0 Å². The minimum atomic E-state index is 0.762. The van der Waals surface area contributed by atoms with Crippen LogP contribution in [0.25, 0.3) is 11.3 Å². The summed E-state index contributed by atoms with van der Waals surface area (Å²) in [7, 11) is 3.27. The fourth-order valence-electron chi connectivity index (χ4n) is 1.34. The summed E-state index contributed by atoms with van der Waals surface area (Å²) in [5.74, 6) is 1.52. The summed E-state index contributed by atoms with van der Waals surface area (Å²) in [6.07, 6.45) is 0. The first kappa shape index (κ1) is 11.4. The molecule has 1 aromatic heterocycles. The zero-order valence-corrected chi connectivity index (χ0v) is 11.3. The Labute approximate surface area is 106 Å². The van der Waals surface area contributed by atoms with E-state index in [1.54, 1.807) is 25.6 Å². The van der Waals surface area contributed by atoms with Gasteiger partial charge in [0, 0.05) is 17.0 Å². The molecule has 0 atom stereocenters. The molecule has 0 aliphatic rings. The number of aromatic nitrogens is 1. The van der Waals surface area contributed by atoms with E-state index in [4.69, 9.17) is 9.47 Å². The van der Waals surface area contributed by atoms with Gasteiger partial charge in [-0.25, -0.2) is 4.98 Å². The number of thiazole rings is 1. The average Bonchev–Trinajstić information content (AvgIpc) is 2.75. The summed E-state index contributed by atoms with van der Waals surface area (Å²) in [6, 6.07) is 5.71. The van der Waals surface area contributed by atoms with Crippen LogP contribution in [0.1, 0.15) is 0 Å². The van der Waals surface area contributed by atoms with E-state index < -0.39 is 0 Å². The van der Waals surface area contributed by atoms with E-state index in [1.165, 1.54) is 0 Å². The molecule has 0 bridgehead atoms. The lowest BCUT2D eigenvalue weighted by molar-refractivity contribution is 0.394. The molecule has 5 heteroatoms. The SMILES string of the molecule is COc1cc(OC)cc(-c2csc(Br)n2)c1. The number of hydrogen-bond acceptors (Lipinski definition) is 4. The van der Waals surface area contributed by atoms with E-state index in [9.17, 15) is 0 Å². The highest BCUT2D eigenvalue weighted by molar-refractivity contribution is 9.11. The molecule has 0 unspecified atom stereocenters. The zero-order valence-electron chi connectivity index (χ0n) is 8.86. The van der Waals surface area contributed by atoms with Crippen LogP contribution >= 0.6 is 27.3 Å². The van der Waals surface area contributed by atoms with Gasteiger partial charge in [-0.1, -0.05) is 0 Å². The summed E-state index contributed by atoms with van der Waals surface area (Å²) in [5, 5.41) is 1.98. The molecule has 0 amide bonds. The van der Waals surface area contributed by atoms with Crippen LogP contribution < -0.4 is 9.47 Å². The highest BCUT2D eigenvalue weighted by Gasteiger charge is 2.07. The third-order valence-corrected chi connectivity index (χ3v) is 3.49. The first-order valence-electron chi connectivity index (χ1n) is 4.57. The van der Waals surface area contributed by atoms with Crippen molar-refractivity contribution in [3.05, 3.63) is 27.5 Å². The van der Waals surface area contributed by atoms with Crippen molar-refractivity contribution < 1.29 is 9.47 Å². The lowest BCUT2D eigenvalue weighted by Gasteiger charge is -2.06. The van der Waals surface area contributed by atoms with Gasteiger partial charge in [0.1, 0.15) is 11.5 Å². The van der Waals surface area contributed by atoms with Gasteiger partial charge in [0.05, 0.1) is 19.9 Å². The normalized spacial score (nSPS) is 10.2. The van der Waals surface area contributed by atoms with E-state index in [0.717, 1.165) is 26.7 Å². The second-order valence-electron chi connectivity index (χ2n) is 3.09. The maximum absolute atomic E-state index is 5.21. The number of hydrogen-bond donors (Lipinski definition) is 0. The Hall–Kier alpha value is -1.07. The molecular formula is C11H10BrNO2S. The third kappa shape index (κ3) is 2.36. The van der Waals surface area contributed by atoms with Crippen molar-refractivity contribution in [2.45, 2.75) is 0 Å². The molecule has 0 aliphatic carbocycles. The first-order valence-corrected chi connectivity index (χ1v) is 6.24. The zero-order chi connectivity index (χ0) is 11.5. The standard InChI is InChI=1S/C11H10BrNO2S/c1-14-8-3-7(4-9(5-8)15-2)10-6-16-11(12)13-10/h3-6H,1-2H3.